The van der Waals surface area contributed by atoms with Crippen molar-refractivity contribution in [2.45, 2.75) is 25.0 Å². The molecule has 5 rings (SSSR count). The summed E-state index contributed by atoms with van der Waals surface area (Å²) in [7, 11) is 1.89. The highest BCUT2D eigenvalue weighted by Gasteiger charge is 2.31. The molecule has 30 heavy (non-hydrogen) atoms. The Labute approximate surface area is 176 Å². The van der Waals surface area contributed by atoms with Crippen molar-refractivity contribution in [2.24, 2.45) is 7.05 Å². The first-order valence-electron chi connectivity index (χ1n) is 10.7. The Morgan fingerprint density at radius 2 is 1.77 bits per heavy atom. The topological polar surface area (TPSA) is 65.4 Å². The van der Waals surface area contributed by atoms with Gasteiger partial charge in [0.2, 0.25) is 0 Å². The smallest absolute Gasteiger partial charge is 0.275 e. The number of fused-ring (bicyclic) bond motifs is 1. The number of nitrogens with one attached hydrogen (secondary N) is 2. The lowest BCUT2D eigenvalue weighted by molar-refractivity contribution is 0.0751. The molecular formula is C23H28N6O. The number of amides is 1. The Morgan fingerprint density at radius 3 is 2.63 bits per heavy atom. The predicted molar refractivity (Wildman–Crippen MR) is 117 cm³/mol. The molecule has 0 spiro atoms. The fourth-order valence-electron chi connectivity index (χ4n) is 4.66. The number of aryl methyl sites for hydroxylation is 1. The van der Waals surface area contributed by atoms with Crippen molar-refractivity contribution in [1.82, 2.24) is 30.4 Å². The lowest BCUT2D eigenvalue weighted by atomic mass is 10.0. The van der Waals surface area contributed by atoms with Crippen molar-refractivity contribution in [3.05, 3.63) is 65.9 Å². The van der Waals surface area contributed by atoms with E-state index in [4.69, 9.17) is 0 Å². The van der Waals surface area contributed by atoms with Crippen LogP contribution in [0.2, 0.25) is 0 Å². The van der Waals surface area contributed by atoms with Gasteiger partial charge in [0, 0.05) is 44.7 Å². The second kappa shape index (κ2) is 8.18. The van der Waals surface area contributed by atoms with E-state index < -0.39 is 0 Å². The van der Waals surface area contributed by atoms with Crippen LogP contribution in [0.1, 0.15) is 34.9 Å². The molecule has 2 atom stereocenters. The molecule has 2 aliphatic heterocycles. The Kier molecular flexibility index (Phi) is 5.25. The molecule has 7 heteroatoms. The lowest BCUT2D eigenvalue weighted by Gasteiger charge is -2.27. The number of carbonyl (C=O) groups excluding carboxylic acids is 1. The molecule has 2 saturated heterocycles. The van der Waals surface area contributed by atoms with Crippen LogP contribution in [0.5, 0.6) is 0 Å². The van der Waals surface area contributed by atoms with E-state index in [0.717, 1.165) is 49.9 Å². The SMILES string of the molecule is Cn1nc(C(=O)N2CCCN(C3CC(c4ccccc4)NN3)CC2)c2ccccc21. The van der Waals surface area contributed by atoms with Gasteiger partial charge in [-0.15, -0.1) is 0 Å². The van der Waals surface area contributed by atoms with Gasteiger partial charge in [0.05, 0.1) is 11.7 Å². The van der Waals surface area contributed by atoms with E-state index in [2.05, 4.69) is 51.2 Å². The van der Waals surface area contributed by atoms with Crippen LogP contribution in [0.4, 0.5) is 0 Å². The third-order valence-electron chi connectivity index (χ3n) is 6.30. The van der Waals surface area contributed by atoms with E-state index in [1.54, 1.807) is 4.68 Å². The summed E-state index contributed by atoms with van der Waals surface area (Å²) in [5, 5.41) is 5.45. The molecule has 156 valence electrons. The van der Waals surface area contributed by atoms with Gasteiger partial charge < -0.3 is 4.90 Å². The minimum atomic E-state index is 0.0355. The van der Waals surface area contributed by atoms with Crippen molar-refractivity contribution >= 4 is 16.8 Å². The van der Waals surface area contributed by atoms with Crippen LogP contribution in [-0.4, -0.2) is 57.8 Å². The fourth-order valence-corrected chi connectivity index (χ4v) is 4.66. The van der Waals surface area contributed by atoms with Crippen LogP contribution in [0, 0.1) is 0 Å². The van der Waals surface area contributed by atoms with Gasteiger partial charge in [-0.2, -0.15) is 5.10 Å². The number of hydrazine groups is 1. The number of aromatic nitrogens is 2. The fraction of sp³-hybridized carbons (Fsp3) is 0.391. The molecule has 3 aromatic rings. The van der Waals surface area contributed by atoms with Gasteiger partial charge in [-0.05, 0) is 24.5 Å². The van der Waals surface area contributed by atoms with Crippen LogP contribution in [-0.2, 0) is 7.05 Å². The van der Waals surface area contributed by atoms with Gasteiger partial charge in [0.25, 0.3) is 5.91 Å². The molecule has 0 aliphatic carbocycles. The molecule has 0 radical (unpaired) electrons. The van der Waals surface area contributed by atoms with Gasteiger partial charge in [-0.3, -0.25) is 14.4 Å². The largest absolute Gasteiger partial charge is 0.336 e. The highest BCUT2D eigenvalue weighted by atomic mass is 16.2. The van der Waals surface area contributed by atoms with Crippen LogP contribution in [0.15, 0.2) is 54.6 Å². The number of carbonyl (C=O) groups is 1. The maximum atomic E-state index is 13.2. The summed E-state index contributed by atoms with van der Waals surface area (Å²) in [6, 6.07) is 18.8. The van der Waals surface area contributed by atoms with E-state index in [1.807, 2.05) is 36.2 Å². The highest BCUT2D eigenvalue weighted by Crippen LogP contribution is 2.25. The second-order valence-electron chi connectivity index (χ2n) is 8.17. The molecule has 2 aliphatic rings. The number of rotatable bonds is 3. The number of hydrogen-bond acceptors (Lipinski definition) is 5. The van der Waals surface area contributed by atoms with E-state index >= 15 is 0 Å². The minimum Gasteiger partial charge on any atom is -0.336 e. The lowest BCUT2D eigenvalue weighted by Crippen LogP contribution is -2.46. The summed E-state index contributed by atoms with van der Waals surface area (Å²) in [5.74, 6) is 0.0355. The molecule has 2 unspecified atom stereocenters. The molecule has 3 heterocycles. The molecule has 2 fully saturated rings. The summed E-state index contributed by atoms with van der Waals surface area (Å²) in [6.45, 7) is 3.32. The Bertz CT molecular complexity index is 1030. The molecule has 0 bridgehead atoms. The predicted octanol–water partition coefficient (Wildman–Crippen LogP) is 2.29. The zero-order valence-electron chi connectivity index (χ0n) is 17.3. The summed E-state index contributed by atoms with van der Waals surface area (Å²) >= 11 is 0. The Balaban J connectivity index is 1.25. The van der Waals surface area contributed by atoms with Gasteiger partial charge in [0.15, 0.2) is 5.69 Å². The van der Waals surface area contributed by atoms with Crippen molar-refractivity contribution in [2.75, 3.05) is 26.2 Å². The highest BCUT2D eigenvalue weighted by molar-refractivity contribution is 6.04. The van der Waals surface area contributed by atoms with E-state index in [1.165, 1.54) is 5.56 Å². The standard InChI is InChI=1S/C23H28N6O/c1-27-20-11-6-5-10-18(20)22(26-27)23(30)29-13-7-12-28(14-15-29)21-16-19(24-25-21)17-8-3-2-4-9-17/h2-6,8-11,19,21,24-25H,7,12-16H2,1H3. The summed E-state index contributed by atoms with van der Waals surface area (Å²) in [4.78, 5) is 17.7. The zero-order chi connectivity index (χ0) is 20.5. The van der Waals surface area contributed by atoms with Gasteiger partial charge in [-0.1, -0.05) is 48.5 Å². The van der Waals surface area contributed by atoms with Crippen LogP contribution >= 0.6 is 0 Å². The molecule has 7 nitrogen and oxygen atoms in total. The van der Waals surface area contributed by atoms with Crippen molar-refractivity contribution in [3.63, 3.8) is 0 Å². The first-order chi connectivity index (χ1) is 14.7. The van der Waals surface area contributed by atoms with E-state index in [-0.39, 0.29) is 12.1 Å². The van der Waals surface area contributed by atoms with Crippen molar-refractivity contribution in [1.29, 1.82) is 0 Å². The summed E-state index contributed by atoms with van der Waals surface area (Å²) < 4.78 is 1.80. The molecule has 2 aromatic carbocycles. The van der Waals surface area contributed by atoms with Gasteiger partial charge in [-0.25, -0.2) is 10.9 Å². The zero-order valence-corrected chi connectivity index (χ0v) is 17.3. The first-order valence-corrected chi connectivity index (χ1v) is 10.7. The number of para-hydroxylation sites is 1. The molecule has 0 saturated carbocycles. The molecule has 1 aromatic heterocycles. The average molecular weight is 405 g/mol. The van der Waals surface area contributed by atoms with Crippen LogP contribution in [0.3, 0.4) is 0 Å². The maximum Gasteiger partial charge on any atom is 0.275 e. The third-order valence-corrected chi connectivity index (χ3v) is 6.30. The monoisotopic (exact) mass is 404 g/mol. The number of benzene rings is 2. The normalized spacial score (nSPS) is 23.0. The maximum absolute atomic E-state index is 13.2. The van der Waals surface area contributed by atoms with E-state index in [9.17, 15) is 4.79 Å². The third kappa shape index (κ3) is 3.60. The number of nitrogens with zero attached hydrogens (tertiary/aromatic N) is 4. The van der Waals surface area contributed by atoms with E-state index in [0.29, 0.717) is 11.7 Å². The van der Waals surface area contributed by atoms with Crippen molar-refractivity contribution < 1.29 is 4.79 Å². The summed E-state index contributed by atoms with van der Waals surface area (Å²) in [6.07, 6.45) is 2.26. The van der Waals surface area contributed by atoms with Gasteiger partial charge >= 0.3 is 0 Å². The molecule has 2 N–H and O–H groups in total. The summed E-state index contributed by atoms with van der Waals surface area (Å²) in [5.41, 5.74) is 9.76. The van der Waals surface area contributed by atoms with Crippen LogP contribution in [0.25, 0.3) is 10.9 Å². The molecular weight excluding hydrogens is 376 g/mol. The number of hydrogen-bond donors (Lipinski definition) is 2. The van der Waals surface area contributed by atoms with Crippen LogP contribution < -0.4 is 10.9 Å². The van der Waals surface area contributed by atoms with Crippen molar-refractivity contribution in [3.8, 4) is 0 Å². The first kappa shape index (κ1) is 19.2. The van der Waals surface area contributed by atoms with Gasteiger partial charge in [0.1, 0.15) is 0 Å². The minimum absolute atomic E-state index is 0.0355. The Morgan fingerprint density at radius 1 is 0.967 bits per heavy atom. The quantitative estimate of drug-likeness (QED) is 0.701. The molecule has 1 amide bonds. The second-order valence-corrected chi connectivity index (χ2v) is 8.17. The average Bonchev–Trinajstić information content (AvgIpc) is 3.32. The Hall–Kier alpha value is -2.74.